The van der Waals surface area contributed by atoms with Gasteiger partial charge in [0.25, 0.3) is 0 Å². The molecule has 0 radical (unpaired) electrons. The standard InChI is InChI=1S/C14H21N3O/c1-10-5-6-12(8-13(10)15)16-14(18)9-17-7-3-4-11(17)2/h5-6,8,11H,3-4,7,9,15H2,1-2H3,(H,16,18). The van der Waals surface area contributed by atoms with Crippen LogP contribution in [-0.4, -0.2) is 29.9 Å². The molecule has 18 heavy (non-hydrogen) atoms. The number of rotatable bonds is 3. The zero-order valence-corrected chi connectivity index (χ0v) is 11.1. The summed E-state index contributed by atoms with van der Waals surface area (Å²) in [4.78, 5) is 14.1. The van der Waals surface area contributed by atoms with Crippen molar-refractivity contribution in [2.75, 3.05) is 24.1 Å². The summed E-state index contributed by atoms with van der Waals surface area (Å²) >= 11 is 0. The monoisotopic (exact) mass is 247 g/mol. The molecule has 0 saturated carbocycles. The van der Waals surface area contributed by atoms with E-state index in [0.717, 1.165) is 17.8 Å². The number of nitrogens with one attached hydrogen (secondary N) is 1. The number of likely N-dealkylation sites (tertiary alicyclic amines) is 1. The Bertz CT molecular complexity index is 445. The smallest absolute Gasteiger partial charge is 0.238 e. The summed E-state index contributed by atoms with van der Waals surface area (Å²) < 4.78 is 0. The fraction of sp³-hybridized carbons (Fsp3) is 0.500. The third kappa shape index (κ3) is 3.01. The van der Waals surface area contributed by atoms with Crippen LogP contribution in [0.25, 0.3) is 0 Å². The van der Waals surface area contributed by atoms with Gasteiger partial charge in [-0.1, -0.05) is 6.07 Å². The Hall–Kier alpha value is -1.55. The van der Waals surface area contributed by atoms with Crippen LogP contribution in [0.2, 0.25) is 0 Å². The molecular formula is C14H21N3O. The molecule has 1 aromatic carbocycles. The van der Waals surface area contributed by atoms with Gasteiger partial charge in [-0.2, -0.15) is 0 Å². The van der Waals surface area contributed by atoms with E-state index in [1.807, 2.05) is 19.1 Å². The third-order valence-corrected chi connectivity index (χ3v) is 3.60. The summed E-state index contributed by atoms with van der Waals surface area (Å²) in [6, 6.07) is 6.12. The lowest BCUT2D eigenvalue weighted by Gasteiger charge is -2.20. The van der Waals surface area contributed by atoms with Crippen LogP contribution >= 0.6 is 0 Å². The normalized spacial score (nSPS) is 20.0. The Morgan fingerprint density at radius 2 is 2.33 bits per heavy atom. The molecule has 1 aliphatic rings. The van der Waals surface area contributed by atoms with E-state index in [2.05, 4.69) is 17.1 Å². The molecule has 1 aromatic rings. The summed E-state index contributed by atoms with van der Waals surface area (Å²) in [5, 5.41) is 2.90. The van der Waals surface area contributed by atoms with E-state index in [0.29, 0.717) is 18.3 Å². The zero-order valence-electron chi connectivity index (χ0n) is 11.1. The second-order valence-corrected chi connectivity index (χ2v) is 5.08. The molecule has 1 fully saturated rings. The van der Waals surface area contributed by atoms with Gasteiger partial charge in [-0.15, -0.1) is 0 Å². The molecule has 1 amide bonds. The molecule has 4 heteroatoms. The largest absolute Gasteiger partial charge is 0.398 e. The minimum atomic E-state index is 0.0343. The Labute approximate surface area is 108 Å². The van der Waals surface area contributed by atoms with E-state index in [1.54, 1.807) is 6.07 Å². The number of nitrogen functional groups attached to an aromatic ring is 1. The lowest BCUT2D eigenvalue weighted by Crippen LogP contribution is -2.35. The molecule has 3 N–H and O–H groups in total. The number of carbonyl (C=O) groups excluding carboxylic acids is 1. The minimum Gasteiger partial charge on any atom is -0.398 e. The fourth-order valence-electron chi connectivity index (χ4n) is 2.33. The first kappa shape index (κ1) is 12.9. The van der Waals surface area contributed by atoms with E-state index < -0.39 is 0 Å². The average Bonchev–Trinajstić information content (AvgIpc) is 2.70. The molecule has 0 aliphatic carbocycles. The maximum absolute atomic E-state index is 11.9. The van der Waals surface area contributed by atoms with Crippen LogP contribution in [0.4, 0.5) is 11.4 Å². The highest BCUT2D eigenvalue weighted by Gasteiger charge is 2.22. The van der Waals surface area contributed by atoms with Crippen LogP contribution in [0.3, 0.4) is 0 Å². The van der Waals surface area contributed by atoms with Crippen molar-refractivity contribution in [1.82, 2.24) is 4.90 Å². The number of nitrogens with zero attached hydrogens (tertiary/aromatic N) is 1. The summed E-state index contributed by atoms with van der Waals surface area (Å²) in [6.07, 6.45) is 2.37. The van der Waals surface area contributed by atoms with Gasteiger partial charge in [0, 0.05) is 17.4 Å². The maximum atomic E-state index is 11.9. The number of anilines is 2. The van der Waals surface area contributed by atoms with E-state index in [4.69, 9.17) is 5.73 Å². The summed E-state index contributed by atoms with van der Waals surface area (Å²) in [7, 11) is 0. The van der Waals surface area contributed by atoms with Crippen molar-refractivity contribution >= 4 is 17.3 Å². The number of aryl methyl sites for hydroxylation is 1. The summed E-state index contributed by atoms with van der Waals surface area (Å²) in [6.45, 7) is 5.61. The van der Waals surface area contributed by atoms with Gasteiger partial charge in [0.15, 0.2) is 0 Å². The highest BCUT2D eigenvalue weighted by Crippen LogP contribution is 2.18. The highest BCUT2D eigenvalue weighted by atomic mass is 16.2. The van der Waals surface area contributed by atoms with E-state index >= 15 is 0 Å². The van der Waals surface area contributed by atoms with Crippen LogP contribution in [0.1, 0.15) is 25.3 Å². The van der Waals surface area contributed by atoms with Gasteiger partial charge in [0.05, 0.1) is 6.54 Å². The van der Waals surface area contributed by atoms with Gasteiger partial charge in [0.2, 0.25) is 5.91 Å². The molecule has 2 rings (SSSR count). The molecule has 0 aromatic heterocycles. The maximum Gasteiger partial charge on any atom is 0.238 e. The molecule has 1 heterocycles. The van der Waals surface area contributed by atoms with Gasteiger partial charge in [0.1, 0.15) is 0 Å². The predicted octanol–water partition coefficient (Wildman–Crippen LogP) is 2.00. The first-order valence-corrected chi connectivity index (χ1v) is 6.46. The summed E-state index contributed by atoms with van der Waals surface area (Å²) in [5.41, 5.74) is 8.33. The molecule has 0 bridgehead atoms. The lowest BCUT2D eigenvalue weighted by molar-refractivity contribution is -0.117. The van der Waals surface area contributed by atoms with Crippen molar-refractivity contribution in [3.63, 3.8) is 0 Å². The number of carbonyl (C=O) groups is 1. The van der Waals surface area contributed by atoms with Crippen molar-refractivity contribution in [2.45, 2.75) is 32.7 Å². The first-order chi connectivity index (χ1) is 8.56. The number of nitrogens with two attached hydrogens (primary N) is 1. The predicted molar refractivity (Wildman–Crippen MR) is 74.5 cm³/mol. The number of benzene rings is 1. The van der Waals surface area contributed by atoms with Gasteiger partial charge in [-0.05, 0) is 50.9 Å². The third-order valence-electron chi connectivity index (χ3n) is 3.60. The van der Waals surface area contributed by atoms with Crippen LogP contribution < -0.4 is 11.1 Å². The number of hydrogen-bond acceptors (Lipinski definition) is 3. The lowest BCUT2D eigenvalue weighted by atomic mass is 10.2. The SMILES string of the molecule is Cc1ccc(NC(=O)CN2CCCC2C)cc1N. The van der Waals surface area contributed by atoms with Gasteiger partial charge >= 0.3 is 0 Å². The molecular weight excluding hydrogens is 226 g/mol. The van der Waals surface area contributed by atoms with Crippen molar-refractivity contribution in [1.29, 1.82) is 0 Å². The molecule has 98 valence electrons. The quantitative estimate of drug-likeness (QED) is 0.803. The second kappa shape index (κ2) is 5.40. The van der Waals surface area contributed by atoms with E-state index in [1.165, 1.54) is 12.8 Å². The number of hydrogen-bond donors (Lipinski definition) is 2. The van der Waals surface area contributed by atoms with Gasteiger partial charge in [-0.25, -0.2) is 0 Å². The Balaban J connectivity index is 1.92. The van der Waals surface area contributed by atoms with E-state index in [9.17, 15) is 4.79 Å². The fourth-order valence-corrected chi connectivity index (χ4v) is 2.33. The van der Waals surface area contributed by atoms with Crippen LogP contribution in [0.5, 0.6) is 0 Å². The topological polar surface area (TPSA) is 58.4 Å². The van der Waals surface area contributed by atoms with Gasteiger partial charge in [-0.3, -0.25) is 9.69 Å². The Morgan fingerprint density at radius 1 is 1.56 bits per heavy atom. The van der Waals surface area contributed by atoms with Crippen molar-refractivity contribution in [3.8, 4) is 0 Å². The van der Waals surface area contributed by atoms with E-state index in [-0.39, 0.29) is 5.91 Å². The molecule has 0 spiro atoms. The van der Waals surface area contributed by atoms with Gasteiger partial charge < -0.3 is 11.1 Å². The molecule has 1 unspecified atom stereocenters. The van der Waals surface area contributed by atoms with Crippen LogP contribution in [0, 0.1) is 6.92 Å². The number of amides is 1. The van der Waals surface area contributed by atoms with Crippen LogP contribution in [0.15, 0.2) is 18.2 Å². The van der Waals surface area contributed by atoms with Crippen molar-refractivity contribution < 1.29 is 4.79 Å². The van der Waals surface area contributed by atoms with Crippen LogP contribution in [-0.2, 0) is 4.79 Å². The summed E-state index contributed by atoms with van der Waals surface area (Å²) in [5.74, 6) is 0.0343. The average molecular weight is 247 g/mol. The van der Waals surface area contributed by atoms with Crippen molar-refractivity contribution in [2.24, 2.45) is 0 Å². The van der Waals surface area contributed by atoms with Crippen molar-refractivity contribution in [3.05, 3.63) is 23.8 Å². The Kier molecular flexibility index (Phi) is 3.87. The molecule has 1 atom stereocenters. The highest BCUT2D eigenvalue weighted by molar-refractivity contribution is 5.92. The minimum absolute atomic E-state index is 0.0343. The second-order valence-electron chi connectivity index (χ2n) is 5.08. The Morgan fingerprint density at radius 3 is 2.94 bits per heavy atom. The molecule has 1 saturated heterocycles. The molecule has 1 aliphatic heterocycles. The molecule has 4 nitrogen and oxygen atoms in total. The zero-order chi connectivity index (χ0) is 13.1. The first-order valence-electron chi connectivity index (χ1n) is 6.46.